The molecule has 1 aliphatic heterocycles. The molecule has 1 aliphatic rings. The molecule has 0 aliphatic carbocycles. The Kier molecular flexibility index (Phi) is 6.03. The summed E-state index contributed by atoms with van der Waals surface area (Å²) in [7, 11) is -4.97. The molecule has 0 spiro atoms. The maximum Gasteiger partial charge on any atom is 0.244 e. The van der Waals surface area contributed by atoms with Crippen molar-refractivity contribution in [3.63, 3.8) is 0 Å². The molecule has 1 saturated heterocycles. The summed E-state index contributed by atoms with van der Waals surface area (Å²) < 4.78 is 54.0. The minimum absolute atomic E-state index is 0.148. The zero-order valence-corrected chi connectivity index (χ0v) is 15.9. The van der Waals surface area contributed by atoms with Gasteiger partial charge in [0.05, 0.1) is 0 Å². The van der Waals surface area contributed by atoms with Gasteiger partial charge in [0, 0.05) is 33.2 Å². The normalized spacial score (nSPS) is 19.3. The summed E-state index contributed by atoms with van der Waals surface area (Å²) in [4.78, 5) is -0.332. The van der Waals surface area contributed by atoms with Crippen LogP contribution in [0, 0.1) is 0 Å². The molecule has 1 N–H and O–H groups in total. The third-order valence-electron chi connectivity index (χ3n) is 4.08. The number of sulfonamides is 2. The van der Waals surface area contributed by atoms with Gasteiger partial charge in [-0.1, -0.05) is 19.1 Å². The Hall–Kier alpha value is -1.00. The molecule has 2 rings (SSSR count). The van der Waals surface area contributed by atoms with Gasteiger partial charge in [-0.3, -0.25) is 0 Å². The van der Waals surface area contributed by atoms with E-state index in [2.05, 4.69) is 5.32 Å². The van der Waals surface area contributed by atoms with Crippen molar-refractivity contribution in [2.75, 3.05) is 33.7 Å². The first-order valence-electron chi connectivity index (χ1n) is 7.97. The van der Waals surface area contributed by atoms with Gasteiger partial charge in [0.2, 0.25) is 20.0 Å². The Bertz CT molecular complexity index is 770. The lowest BCUT2D eigenvalue weighted by atomic mass is 10.2. The van der Waals surface area contributed by atoms with Crippen molar-refractivity contribution in [2.45, 2.75) is 35.6 Å². The fourth-order valence-corrected chi connectivity index (χ4v) is 6.22. The van der Waals surface area contributed by atoms with Crippen LogP contribution in [-0.2, 0) is 20.0 Å². The SMILES string of the molecule is CCCN(C1CCNC1)S(=O)(=O)c1ccccc1S(=O)(=O)N(C)C. The summed E-state index contributed by atoms with van der Waals surface area (Å²) in [6, 6.07) is 5.66. The quantitative estimate of drug-likeness (QED) is 0.758. The Morgan fingerprint density at radius 1 is 1.08 bits per heavy atom. The third-order valence-corrected chi connectivity index (χ3v) is 8.09. The predicted molar refractivity (Wildman–Crippen MR) is 92.8 cm³/mol. The second kappa shape index (κ2) is 7.49. The highest BCUT2D eigenvalue weighted by atomic mass is 32.2. The molecule has 1 atom stereocenters. The molecule has 0 bridgehead atoms. The van der Waals surface area contributed by atoms with E-state index in [1.54, 1.807) is 6.07 Å². The summed E-state index contributed by atoms with van der Waals surface area (Å²) in [6.07, 6.45) is 1.39. The number of benzene rings is 1. The topological polar surface area (TPSA) is 86.8 Å². The van der Waals surface area contributed by atoms with Gasteiger partial charge in [-0.05, 0) is 31.5 Å². The molecule has 136 valence electrons. The van der Waals surface area contributed by atoms with Crippen molar-refractivity contribution < 1.29 is 16.8 Å². The first-order chi connectivity index (χ1) is 11.2. The van der Waals surface area contributed by atoms with Gasteiger partial charge in [0.25, 0.3) is 0 Å². The minimum Gasteiger partial charge on any atom is -0.315 e. The van der Waals surface area contributed by atoms with Crippen LogP contribution in [0.4, 0.5) is 0 Å². The van der Waals surface area contributed by atoms with Crippen LogP contribution in [0.2, 0.25) is 0 Å². The average Bonchev–Trinajstić information content (AvgIpc) is 3.06. The van der Waals surface area contributed by atoms with E-state index in [0.717, 1.165) is 17.3 Å². The van der Waals surface area contributed by atoms with E-state index >= 15 is 0 Å². The summed E-state index contributed by atoms with van der Waals surface area (Å²) in [5.41, 5.74) is 0. The van der Waals surface area contributed by atoms with Crippen LogP contribution in [0.25, 0.3) is 0 Å². The Balaban J connectivity index is 2.56. The minimum atomic E-state index is -3.91. The van der Waals surface area contributed by atoms with E-state index in [0.29, 0.717) is 19.5 Å². The molecule has 9 heteroatoms. The Morgan fingerprint density at radius 2 is 1.67 bits per heavy atom. The number of nitrogens with zero attached hydrogens (tertiary/aromatic N) is 2. The van der Waals surface area contributed by atoms with Crippen LogP contribution in [-0.4, -0.2) is 65.2 Å². The molecule has 0 aromatic heterocycles. The van der Waals surface area contributed by atoms with Gasteiger partial charge >= 0.3 is 0 Å². The van der Waals surface area contributed by atoms with Gasteiger partial charge < -0.3 is 5.32 Å². The molecule has 1 fully saturated rings. The van der Waals surface area contributed by atoms with Crippen LogP contribution in [0.15, 0.2) is 34.1 Å². The summed E-state index contributed by atoms with van der Waals surface area (Å²) in [6.45, 7) is 3.62. The zero-order valence-electron chi connectivity index (χ0n) is 14.3. The van der Waals surface area contributed by atoms with Crippen LogP contribution < -0.4 is 5.32 Å². The van der Waals surface area contributed by atoms with Gasteiger partial charge in [-0.2, -0.15) is 4.31 Å². The van der Waals surface area contributed by atoms with Gasteiger partial charge in [0.1, 0.15) is 9.79 Å². The summed E-state index contributed by atoms with van der Waals surface area (Å²) >= 11 is 0. The highest BCUT2D eigenvalue weighted by Gasteiger charge is 2.36. The fraction of sp³-hybridized carbons (Fsp3) is 0.600. The molecular weight excluding hydrogens is 350 g/mol. The fourth-order valence-electron chi connectivity index (χ4n) is 2.80. The lowest BCUT2D eigenvalue weighted by Gasteiger charge is -2.28. The smallest absolute Gasteiger partial charge is 0.244 e. The first-order valence-corrected chi connectivity index (χ1v) is 10.8. The van der Waals surface area contributed by atoms with Crippen molar-refractivity contribution in [3.8, 4) is 0 Å². The van der Waals surface area contributed by atoms with E-state index in [4.69, 9.17) is 0 Å². The van der Waals surface area contributed by atoms with Crippen molar-refractivity contribution in [1.29, 1.82) is 0 Å². The molecule has 7 nitrogen and oxygen atoms in total. The van der Waals surface area contributed by atoms with E-state index < -0.39 is 20.0 Å². The zero-order chi connectivity index (χ0) is 18.0. The predicted octanol–water partition coefficient (Wildman–Crippen LogP) is 0.700. The molecule has 24 heavy (non-hydrogen) atoms. The van der Waals surface area contributed by atoms with E-state index in [-0.39, 0.29) is 15.8 Å². The van der Waals surface area contributed by atoms with Crippen molar-refractivity contribution >= 4 is 20.0 Å². The lowest BCUT2D eigenvalue weighted by molar-refractivity contribution is 0.334. The molecular formula is C15H25N3O4S2. The maximum atomic E-state index is 13.2. The number of hydrogen-bond donors (Lipinski definition) is 1. The number of hydrogen-bond acceptors (Lipinski definition) is 5. The number of nitrogens with one attached hydrogen (secondary N) is 1. The first kappa shape index (κ1) is 19.3. The molecule has 1 aromatic carbocycles. The molecule has 0 radical (unpaired) electrons. The largest absolute Gasteiger partial charge is 0.315 e. The molecule has 1 aromatic rings. The molecule has 1 heterocycles. The maximum absolute atomic E-state index is 13.2. The van der Waals surface area contributed by atoms with E-state index in [9.17, 15) is 16.8 Å². The summed E-state index contributed by atoms with van der Waals surface area (Å²) in [5.74, 6) is 0. The van der Waals surface area contributed by atoms with E-state index in [1.165, 1.54) is 36.6 Å². The molecule has 0 saturated carbocycles. The number of rotatable bonds is 7. The van der Waals surface area contributed by atoms with Gasteiger partial charge in [-0.15, -0.1) is 0 Å². The van der Waals surface area contributed by atoms with Crippen LogP contribution >= 0.6 is 0 Å². The van der Waals surface area contributed by atoms with Crippen molar-refractivity contribution in [2.24, 2.45) is 0 Å². The highest BCUT2D eigenvalue weighted by Crippen LogP contribution is 2.28. The third kappa shape index (κ3) is 3.65. The van der Waals surface area contributed by atoms with Crippen molar-refractivity contribution in [1.82, 2.24) is 13.9 Å². The Labute approximate surface area is 144 Å². The van der Waals surface area contributed by atoms with E-state index in [1.807, 2.05) is 6.92 Å². The molecule has 1 unspecified atom stereocenters. The van der Waals surface area contributed by atoms with Crippen LogP contribution in [0.5, 0.6) is 0 Å². The monoisotopic (exact) mass is 375 g/mol. The second-order valence-electron chi connectivity index (χ2n) is 6.00. The average molecular weight is 376 g/mol. The lowest BCUT2D eigenvalue weighted by Crippen LogP contribution is -2.42. The summed E-state index contributed by atoms with van der Waals surface area (Å²) in [5, 5.41) is 3.17. The highest BCUT2D eigenvalue weighted by molar-refractivity contribution is 7.92. The Morgan fingerprint density at radius 3 is 2.12 bits per heavy atom. The van der Waals surface area contributed by atoms with Crippen molar-refractivity contribution in [3.05, 3.63) is 24.3 Å². The second-order valence-corrected chi connectivity index (χ2v) is 9.98. The standard InChI is InChI=1S/C15H25N3O4S2/c1-4-11-18(13-9-10-16-12-13)24(21,22)15-8-6-5-7-14(15)23(19,20)17(2)3/h5-8,13,16H,4,9-12H2,1-3H3. The molecule has 0 amide bonds. The van der Waals surface area contributed by atoms with Gasteiger partial charge in [-0.25, -0.2) is 21.1 Å². The van der Waals surface area contributed by atoms with Gasteiger partial charge in [0.15, 0.2) is 0 Å². The van der Waals surface area contributed by atoms with Crippen LogP contribution in [0.3, 0.4) is 0 Å². The van der Waals surface area contributed by atoms with Crippen LogP contribution in [0.1, 0.15) is 19.8 Å².